The summed E-state index contributed by atoms with van der Waals surface area (Å²) in [5.74, 6) is -0.829. The molecule has 2 N–H and O–H groups in total. The molecule has 1 amide bonds. The first-order valence-corrected chi connectivity index (χ1v) is 6.70. The fraction of sp³-hybridized carbons (Fsp3) is 0.467. The Labute approximate surface area is 124 Å². The van der Waals surface area contributed by atoms with Crippen LogP contribution >= 0.6 is 0 Å². The molecule has 6 nitrogen and oxygen atoms in total. The Morgan fingerprint density at radius 2 is 1.81 bits per heavy atom. The maximum Gasteiger partial charge on any atom is 0.412 e. The number of amides is 1. The second kappa shape index (κ2) is 6.97. The predicted molar refractivity (Wildman–Crippen MR) is 81.8 cm³/mol. The lowest BCUT2D eigenvalue weighted by atomic mass is 10.2. The average Bonchev–Trinajstić information content (AvgIpc) is 2.34. The van der Waals surface area contributed by atoms with Crippen molar-refractivity contribution in [2.24, 2.45) is 0 Å². The van der Waals surface area contributed by atoms with Crippen molar-refractivity contribution in [2.75, 3.05) is 23.8 Å². The number of carbonyl (C=O) groups is 2. The second-order valence-corrected chi connectivity index (χ2v) is 5.74. The van der Waals surface area contributed by atoms with Gasteiger partial charge in [0.05, 0.1) is 6.42 Å². The van der Waals surface area contributed by atoms with Gasteiger partial charge in [0.15, 0.2) is 0 Å². The smallest absolute Gasteiger partial charge is 0.412 e. The third-order valence-corrected chi connectivity index (χ3v) is 2.61. The highest BCUT2D eigenvalue weighted by Gasteiger charge is 2.16. The third-order valence-electron chi connectivity index (χ3n) is 2.61. The molecule has 1 aromatic rings. The molecule has 116 valence electrons. The van der Waals surface area contributed by atoms with Crippen molar-refractivity contribution in [3.05, 3.63) is 24.3 Å². The van der Waals surface area contributed by atoms with Crippen LogP contribution in [0.4, 0.5) is 16.2 Å². The van der Waals surface area contributed by atoms with Crippen molar-refractivity contribution < 1.29 is 19.4 Å². The lowest BCUT2D eigenvalue weighted by Gasteiger charge is -2.20. The zero-order valence-electron chi connectivity index (χ0n) is 12.8. The van der Waals surface area contributed by atoms with Crippen LogP contribution in [0.25, 0.3) is 0 Å². The van der Waals surface area contributed by atoms with E-state index in [1.54, 1.807) is 32.9 Å². The van der Waals surface area contributed by atoms with Gasteiger partial charge in [-0.15, -0.1) is 0 Å². The summed E-state index contributed by atoms with van der Waals surface area (Å²) in [6, 6.07) is 7.12. The van der Waals surface area contributed by atoms with Crippen LogP contribution in [0.1, 0.15) is 27.2 Å². The van der Waals surface area contributed by atoms with Gasteiger partial charge in [0.25, 0.3) is 0 Å². The van der Waals surface area contributed by atoms with Crippen molar-refractivity contribution in [2.45, 2.75) is 32.8 Å². The zero-order valence-corrected chi connectivity index (χ0v) is 12.8. The standard InChI is InChI=1S/C15H22N2O4/c1-15(2,3)21-14(20)16-11-5-7-12(8-6-11)17(4)10-9-13(18)19/h5-8H,9-10H2,1-4H3,(H,16,20)(H,18,19). The molecule has 0 fully saturated rings. The Morgan fingerprint density at radius 1 is 1.24 bits per heavy atom. The lowest BCUT2D eigenvalue weighted by Crippen LogP contribution is -2.27. The Morgan fingerprint density at radius 3 is 2.29 bits per heavy atom. The molecule has 0 aliphatic carbocycles. The first-order chi connectivity index (χ1) is 9.67. The molecule has 0 heterocycles. The molecule has 0 spiro atoms. The summed E-state index contributed by atoms with van der Waals surface area (Å²) in [6.45, 7) is 5.82. The van der Waals surface area contributed by atoms with Gasteiger partial charge >= 0.3 is 12.1 Å². The molecular formula is C15H22N2O4. The number of nitrogens with zero attached hydrogens (tertiary/aromatic N) is 1. The molecule has 0 saturated heterocycles. The molecule has 0 atom stereocenters. The zero-order chi connectivity index (χ0) is 16.0. The molecule has 6 heteroatoms. The number of benzene rings is 1. The number of hydrogen-bond donors (Lipinski definition) is 2. The van der Waals surface area contributed by atoms with Crippen LogP contribution < -0.4 is 10.2 Å². The molecule has 1 rings (SSSR count). The number of carbonyl (C=O) groups excluding carboxylic acids is 1. The van der Waals surface area contributed by atoms with E-state index < -0.39 is 17.7 Å². The van der Waals surface area contributed by atoms with Crippen LogP contribution in [-0.2, 0) is 9.53 Å². The van der Waals surface area contributed by atoms with Crippen molar-refractivity contribution in [1.82, 2.24) is 0 Å². The van der Waals surface area contributed by atoms with Crippen molar-refractivity contribution in [3.63, 3.8) is 0 Å². The molecule has 0 unspecified atom stereocenters. The summed E-state index contributed by atoms with van der Waals surface area (Å²) in [7, 11) is 1.82. The molecular weight excluding hydrogens is 272 g/mol. The fourth-order valence-corrected chi connectivity index (χ4v) is 1.61. The number of anilines is 2. The van der Waals surface area contributed by atoms with E-state index in [9.17, 15) is 9.59 Å². The minimum absolute atomic E-state index is 0.0778. The van der Waals surface area contributed by atoms with Gasteiger partial charge in [-0.05, 0) is 45.0 Å². The maximum atomic E-state index is 11.6. The number of nitrogens with one attached hydrogen (secondary N) is 1. The highest BCUT2D eigenvalue weighted by molar-refractivity contribution is 5.85. The summed E-state index contributed by atoms with van der Waals surface area (Å²) in [4.78, 5) is 24.0. The van der Waals surface area contributed by atoms with Crippen LogP contribution in [0, 0.1) is 0 Å². The van der Waals surface area contributed by atoms with Crippen molar-refractivity contribution in [1.29, 1.82) is 0 Å². The topological polar surface area (TPSA) is 78.9 Å². The first kappa shape index (κ1) is 16.8. The molecule has 0 aromatic heterocycles. The Bertz CT molecular complexity index is 491. The Balaban J connectivity index is 2.57. The number of carboxylic acid groups (broad SMARTS) is 1. The molecule has 1 aromatic carbocycles. The van der Waals surface area contributed by atoms with Gasteiger partial charge in [-0.25, -0.2) is 4.79 Å². The number of carboxylic acids is 1. The van der Waals surface area contributed by atoms with Gasteiger partial charge < -0.3 is 14.7 Å². The number of ether oxygens (including phenoxy) is 1. The minimum atomic E-state index is -0.829. The summed E-state index contributed by atoms with van der Waals surface area (Å²) >= 11 is 0. The van der Waals surface area contributed by atoms with Gasteiger partial charge in [-0.1, -0.05) is 0 Å². The lowest BCUT2D eigenvalue weighted by molar-refractivity contribution is -0.136. The van der Waals surface area contributed by atoms with E-state index in [1.165, 1.54) is 0 Å². The molecule has 0 aliphatic rings. The van der Waals surface area contributed by atoms with E-state index in [0.717, 1.165) is 5.69 Å². The molecule has 0 aliphatic heterocycles. The van der Waals surface area contributed by atoms with Gasteiger partial charge in [-0.2, -0.15) is 0 Å². The van der Waals surface area contributed by atoms with Crippen LogP contribution in [-0.4, -0.2) is 36.4 Å². The van der Waals surface area contributed by atoms with E-state index in [1.807, 2.05) is 24.1 Å². The largest absolute Gasteiger partial charge is 0.481 e. The van der Waals surface area contributed by atoms with Gasteiger partial charge in [0, 0.05) is 25.0 Å². The fourth-order valence-electron chi connectivity index (χ4n) is 1.61. The average molecular weight is 294 g/mol. The molecule has 21 heavy (non-hydrogen) atoms. The van der Waals surface area contributed by atoms with E-state index in [4.69, 9.17) is 9.84 Å². The van der Waals surface area contributed by atoms with E-state index in [0.29, 0.717) is 12.2 Å². The summed E-state index contributed by atoms with van der Waals surface area (Å²) in [5.41, 5.74) is 0.965. The highest BCUT2D eigenvalue weighted by atomic mass is 16.6. The molecule has 0 radical (unpaired) electrons. The van der Waals surface area contributed by atoms with Crippen LogP contribution in [0.3, 0.4) is 0 Å². The Hall–Kier alpha value is -2.24. The second-order valence-electron chi connectivity index (χ2n) is 5.74. The number of aliphatic carboxylic acids is 1. The normalized spacial score (nSPS) is 10.9. The molecule has 0 saturated carbocycles. The van der Waals surface area contributed by atoms with Crippen LogP contribution in [0.2, 0.25) is 0 Å². The molecule has 0 bridgehead atoms. The maximum absolute atomic E-state index is 11.6. The van der Waals surface area contributed by atoms with Gasteiger partial charge in [-0.3, -0.25) is 10.1 Å². The van der Waals surface area contributed by atoms with E-state index >= 15 is 0 Å². The predicted octanol–water partition coefficient (Wildman–Crippen LogP) is 2.94. The van der Waals surface area contributed by atoms with Gasteiger partial charge in [0.2, 0.25) is 0 Å². The third kappa shape index (κ3) is 6.65. The minimum Gasteiger partial charge on any atom is -0.481 e. The Kier molecular flexibility index (Phi) is 5.58. The summed E-state index contributed by atoms with van der Waals surface area (Å²) in [5, 5.41) is 11.3. The number of hydrogen-bond acceptors (Lipinski definition) is 4. The van der Waals surface area contributed by atoms with E-state index in [2.05, 4.69) is 5.32 Å². The highest BCUT2D eigenvalue weighted by Crippen LogP contribution is 2.18. The summed E-state index contributed by atoms with van der Waals surface area (Å²) < 4.78 is 5.16. The summed E-state index contributed by atoms with van der Waals surface area (Å²) in [6.07, 6.45) is -0.427. The van der Waals surface area contributed by atoms with Crippen molar-refractivity contribution in [3.8, 4) is 0 Å². The number of rotatable bonds is 5. The van der Waals surface area contributed by atoms with E-state index in [-0.39, 0.29) is 6.42 Å². The van der Waals surface area contributed by atoms with Crippen LogP contribution in [0.15, 0.2) is 24.3 Å². The first-order valence-electron chi connectivity index (χ1n) is 6.70. The van der Waals surface area contributed by atoms with Crippen LogP contribution in [0.5, 0.6) is 0 Å². The SMILES string of the molecule is CN(CCC(=O)O)c1ccc(NC(=O)OC(C)(C)C)cc1. The monoisotopic (exact) mass is 294 g/mol. The van der Waals surface area contributed by atoms with Gasteiger partial charge in [0.1, 0.15) is 5.60 Å². The quantitative estimate of drug-likeness (QED) is 0.873. The van der Waals surface area contributed by atoms with Crippen molar-refractivity contribution >= 4 is 23.4 Å².